The number of anilines is 1. The summed E-state index contributed by atoms with van der Waals surface area (Å²) in [5, 5.41) is 0. The Labute approximate surface area is 118 Å². The minimum absolute atomic E-state index is 0.416. The second kappa shape index (κ2) is 5.98. The molecule has 2 N–H and O–H groups in total. The van der Waals surface area contributed by atoms with E-state index in [1.165, 1.54) is 0 Å². The fraction of sp³-hybridized carbons (Fsp3) is 0.333. The largest absolute Gasteiger partial charge is 0.378 e. The third-order valence-corrected chi connectivity index (χ3v) is 3.34. The average Bonchev–Trinajstić information content (AvgIpc) is 2.56. The third-order valence-electron chi connectivity index (χ3n) is 3.34. The molecule has 2 heterocycles. The lowest BCUT2D eigenvalue weighted by molar-refractivity contribution is 0.122. The molecule has 0 radical (unpaired) electrons. The Morgan fingerprint density at radius 3 is 2.55 bits per heavy atom. The van der Waals surface area contributed by atoms with Gasteiger partial charge in [0.2, 0.25) is 5.95 Å². The summed E-state index contributed by atoms with van der Waals surface area (Å²) >= 11 is 0. The number of morpholine rings is 1. The summed E-state index contributed by atoms with van der Waals surface area (Å²) in [5.74, 6) is 0.745. The van der Waals surface area contributed by atoms with Gasteiger partial charge in [-0.2, -0.15) is 0 Å². The zero-order valence-electron chi connectivity index (χ0n) is 11.3. The first-order valence-corrected chi connectivity index (χ1v) is 6.83. The Kier molecular flexibility index (Phi) is 3.90. The number of benzene rings is 1. The molecule has 20 heavy (non-hydrogen) atoms. The van der Waals surface area contributed by atoms with Gasteiger partial charge < -0.3 is 15.4 Å². The van der Waals surface area contributed by atoms with E-state index in [1.54, 1.807) is 0 Å². The number of nitrogens with zero attached hydrogens (tertiary/aromatic N) is 3. The van der Waals surface area contributed by atoms with E-state index >= 15 is 0 Å². The molecule has 1 aliphatic rings. The molecule has 0 bridgehead atoms. The first-order chi connectivity index (χ1) is 9.86. The maximum absolute atomic E-state index is 5.76. The number of hydrogen-bond donors (Lipinski definition) is 1. The number of hydrogen-bond acceptors (Lipinski definition) is 5. The van der Waals surface area contributed by atoms with Crippen LogP contribution in [0.1, 0.15) is 5.69 Å². The fourth-order valence-corrected chi connectivity index (χ4v) is 2.25. The maximum atomic E-state index is 5.76. The third kappa shape index (κ3) is 2.79. The number of aromatic nitrogens is 2. The van der Waals surface area contributed by atoms with E-state index in [-0.39, 0.29) is 0 Å². The van der Waals surface area contributed by atoms with E-state index in [0.717, 1.165) is 49.2 Å². The molecule has 5 heteroatoms. The predicted molar refractivity (Wildman–Crippen MR) is 78.4 cm³/mol. The van der Waals surface area contributed by atoms with Crippen LogP contribution in [0.25, 0.3) is 11.3 Å². The fourth-order valence-electron chi connectivity index (χ4n) is 2.25. The first-order valence-electron chi connectivity index (χ1n) is 6.83. The molecule has 104 valence electrons. The van der Waals surface area contributed by atoms with E-state index in [9.17, 15) is 0 Å². The van der Waals surface area contributed by atoms with E-state index in [4.69, 9.17) is 10.5 Å². The van der Waals surface area contributed by atoms with Gasteiger partial charge in [-0.05, 0) is 6.07 Å². The van der Waals surface area contributed by atoms with Crippen LogP contribution in [0.5, 0.6) is 0 Å². The molecule has 1 aliphatic heterocycles. The Hall–Kier alpha value is -1.98. The lowest BCUT2D eigenvalue weighted by Gasteiger charge is -2.27. The Balaban J connectivity index is 1.98. The Morgan fingerprint density at radius 2 is 1.85 bits per heavy atom. The molecule has 3 rings (SSSR count). The van der Waals surface area contributed by atoms with Gasteiger partial charge in [0.1, 0.15) is 0 Å². The van der Waals surface area contributed by atoms with Crippen molar-refractivity contribution < 1.29 is 4.74 Å². The highest BCUT2D eigenvalue weighted by molar-refractivity contribution is 5.60. The van der Waals surface area contributed by atoms with Crippen molar-refractivity contribution >= 4 is 5.95 Å². The summed E-state index contributed by atoms with van der Waals surface area (Å²) in [6.07, 6.45) is 0. The van der Waals surface area contributed by atoms with Crippen molar-refractivity contribution in [3.8, 4) is 11.3 Å². The normalized spacial score (nSPS) is 15.3. The molecule has 0 saturated carbocycles. The van der Waals surface area contributed by atoms with Crippen LogP contribution in [0.4, 0.5) is 5.95 Å². The lowest BCUT2D eigenvalue weighted by atomic mass is 10.1. The molecule has 0 spiro atoms. The number of ether oxygens (including phenoxy) is 1. The zero-order valence-corrected chi connectivity index (χ0v) is 11.3. The van der Waals surface area contributed by atoms with E-state index in [1.807, 2.05) is 36.4 Å². The number of rotatable bonds is 3. The quantitative estimate of drug-likeness (QED) is 0.914. The van der Waals surface area contributed by atoms with Crippen molar-refractivity contribution in [2.45, 2.75) is 6.54 Å². The highest BCUT2D eigenvalue weighted by Crippen LogP contribution is 2.21. The molecule has 1 aromatic heterocycles. The molecule has 0 unspecified atom stereocenters. The molecule has 2 aromatic rings. The SMILES string of the molecule is NCc1cc(-c2ccccc2)nc(N2CCOCC2)n1. The molecule has 1 aromatic carbocycles. The summed E-state index contributed by atoms with van der Waals surface area (Å²) < 4.78 is 5.37. The lowest BCUT2D eigenvalue weighted by Crippen LogP contribution is -2.37. The van der Waals surface area contributed by atoms with Gasteiger partial charge in [0, 0.05) is 25.2 Å². The summed E-state index contributed by atoms with van der Waals surface area (Å²) in [7, 11) is 0. The van der Waals surface area contributed by atoms with Crippen molar-refractivity contribution in [3.05, 3.63) is 42.1 Å². The van der Waals surface area contributed by atoms with Gasteiger partial charge in [0.15, 0.2) is 0 Å². The molecular formula is C15H18N4O. The van der Waals surface area contributed by atoms with Crippen LogP contribution >= 0.6 is 0 Å². The zero-order chi connectivity index (χ0) is 13.8. The molecule has 0 aliphatic carbocycles. The van der Waals surface area contributed by atoms with Gasteiger partial charge in [0.05, 0.1) is 24.6 Å². The Bertz CT molecular complexity index is 567. The van der Waals surface area contributed by atoms with Crippen LogP contribution < -0.4 is 10.6 Å². The summed E-state index contributed by atoms with van der Waals surface area (Å²) in [4.78, 5) is 11.4. The second-order valence-corrected chi connectivity index (χ2v) is 4.71. The average molecular weight is 270 g/mol. The van der Waals surface area contributed by atoms with Gasteiger partial charge >= 0.3 is 0 Å². The van der Waals surface area contributed by atoms with Crippen LogP contribution in [0.3, 0.4) is 0 Å². The Morgan fingerprint density at radius 1 is 1.10 bits per heavy atom. The topological polar surface area (TPSA) is 64.3 Å². The van der Waals surface area contributed by atoms with E-state index in [2.05, 4.69) is 14.9 Å². The highest BCUT2D eigenvalue weighted by Gasteiger charge is 2.15. The summed E-state index contributed by atoms with van der Waals surface area (Å²) in [6, 6.07) is 12.1. The minimum atomic E-state index is 0.416. The van der Waals surface area contributed by atoms with Gasteiger partial charge in [-0.15, -0.1) is 0 Å². The van der Waals surface area contributed by atoms with Crippen LogP contribution in [0, 0.1) is 0 Å². The van der Waals surface area contributed by atoms with Gasteiger partial charge in [-0.3, -0.25) is 0 Å². The monoisotopic (exact) mass is 270 g/mol. The molecular weight excluding hydrogens is 252 g/mol. The molecule has 5 nitrogen and oxygen atoms in total. The maximum Gasteiger partial charge on any atom is 0.226 e. The highest BCUT2D eigenvalue weighted by atomic mass is 16.5. The van der Waals surface area contributed by atoms with E-state index < -0.39 is 0 Å². The van der Waals surface area contributed by atoms with E-state index in [0.29, 0.717) is 6.54 Å². The van der Waals surface area contributed by atoms with Crippen molar-refractivity contribution in [2.24, 2.45) is 5.73 Å². The number of nitrogens with two attached hydrogens (primary N) is 1. The van der Waals surface area contributed by atoms with Gasteiger partial charge in [0.25, 0.3) is 0 Å². The van der Waals surface area contributed by atoms with Crippen LogP contribution in [-0.4, -0.2) is 36.3 Å². The molecule has 1 fully saturated rings. The van der Waals surface area contributed by atoms with Crippen LogP contribution in [-0.2, 0) is 11.3 Å². The predicted octanol–water partition coefficient (Wildman–Crippen LogP) is 1.44. The summed E-state index contributed by atoms with van der Waals surface area (Å²) in [5.41, 5.74) is 8.62. The summed E-state index contributed by atoms with van der Waals surface area (Å²) in [6.45, 7) is 3.50. The van der Waals surface area contributed by atoms with Crippen LogP contribution in [0.15, 0.2) is 36.4 Å². The standard InChI is InChI=1S/C15H18N4O/c16-11-13-10-14(12-4-2-1-3-5-12)18-15(17-13)19-6-8-20-9-7-19/h1-5,10H,6-9,11,16H2. The van der Waals surface area contributed by atoms with Crippen molar-refractivity contribution in [3.63, 3.8) is 0 Å². The van der Waals surface area contributed by atoms with Crippen LogP contribution in [0.2, 0.25) is 0 Å². The smallest absolute Gasteiger partial charge is 0.226 e. The minimum Gasteiger partial charge on any atom is -0.378 e. The van der Waals surface area contributed by atoms with Crippen molar-refractivity contribution in [1.82, 2.24) is 9.97 Å². The first kappa shape index (κ1) is 13.0. The van der Waals surface area contributed by atoms with Crippen molar-refractivity contribution in [1.29, 1.82) is 0 Å². The molecule has 0 atom stereocenters. The molecule has 0 amide bonds. The van der Waals surface area contributed by atoms with Gasteiger partial charge in [-0.25, -0.2) is 9.97 Å². The second-order valence-electron chi connectivity index (χ2n) is 4.71. The van der Waals surface area contributed by atoms with Gasteiger partial charge in [-0.1, -0.05) is 30.3 Å². The van der Waals surface area contributed by atoms with Crippen molar-refractivity contribution in [2.75, 3.05) is 31.2 Å². The molecule has 1 saturated heterocycles.